The van der Waals surface area contributed by atoms with E-state index >= 15 is 0 Å². The van der Waals surface area contributed by atoms with Gasteiger partial charge in [-0.1, -0.05) is 12.1 Å². The molecule has 2 aliphatic heterocycles. The van der Waals surface area contributed by atoms with Crippen LogP contribution in [0.25, 0.3) is 11.0 Å². The van der Waals surface area contributed by atoms with Gasteiger partial charge in [-0.05, 0) is 36.1 Å². The molecule has 2 saturated heterocycles. The number of anilines is 1. The number of hydrogen-bond acceptors (Lipinski definition) is 7. The summed E-state index contributed by atoms with van der Waals surface area (Å²) in [5.41, 5.74) is 2.31. The molecule has 0 aliphatic carbocycles. The van der Waals surface area contributed by atoms with Gasteiger partial charge in [-0.2, -0.15) is 0 Å². The minimum Gasteiger partial charge on any atom is -0.465 e. The smallest absolute Gasteiger partial charge is 0.337 e. The standard InChI is InChI=1S/C24H28N6O3/c1-29(13-15-3-5-16(6-4-15)24(32)33-2)23(31)19-11-25-12-20-17(19)8-10-30(20)22-18-7-9-26-21(18)27-14-28-22/h3-7,9,14,17,19-20,25H,8,10-13H2,1-2H3,(H,26,27,28)/t17-,19?,20+/m1/s1. The van der Waals surface area contributed by atoms with E-state index in [4.69, 9.17) is 4.74 Å². The summed E-state index contributed by atoms with van der Waals surface area (Å²) in [6.07, 6.45) is 4.44. The normalized spacial score (nSPS) is 22.2. The molecule has 4 heterocycles. The lowest BCUT2D eigenvalue weighted by Crippen LogP contribution is -2.54. The van der Waals surface area contributed by atoms with Crippen molar-refractivity contribution in [1.29, 1.82) is 0 Å². The van der Waals surface area contributed by atoms with Crippen molar-refractivity contribution in [3.63, 3.8) is 0 Å². The number of aromatic nitrogens is 3. The summed E-state index contributed by atoms with van der Waals surface area (Å²) >= 11 is 0. The Morgan fingerprint density at radius 3 is 2.79 bits per heavy atom. The fourth-order valence-electron chi connectivity index (χ4n) is 5.27. The highest BCUT2D eigenvalue weighted by Gasteiger charge is 2.45. The van der Waals surface area contributed by atoms with Gasteiger partial charge in [0.25, 0.3) is 0 Å². The molecule has 9 heteroatoms. The molecule has 2 aromatic heterocycles. The number of aromatic amines is 1. The van der Waals surface area contributed by atoms with E-state index in [9.17, 15) is 9.59 Å². The Balaban J connectivity index is 1.29. The second-order valence-corrected chi connectivity index (χ2v) is 8.80. The van der Waals surface area contributed by atoms with E-state index in [2.05, 4.69) is 25.2 Å². The first-order valence-corrected chi connectivity index (χ1v) is 11.2. The van der Waals surface area contributed by atoms with Gasteiger partial charge in [-0.15, -0.1) is 0 Å². The molecule has 33 heavy (non-hydrogen) atoms. The lowest BCUT2D eigenvalue weighted by atomic mass is 9.82. The van der Waals surface area contributed by atoms with E-state index in [0.717, 1.165) is 41.9 Å². The van der Waals surface area contributed by atoms with Crippen LogP contribution in [0.3, 0.4) is 0 Å². The second kappa shape index (κ2) is 8.82. The van der Waals surface area contributed by atoms with Crippen molar-refractivity contribution in [1.82, 2.24) is 25.2 Å². The largest absolute Gasteiger partial charge is 0.465 e. The van der Waals surface area contributed by atoms with Gasteiger partial charge in [0, 0.05) is 45.5 Å². The predicted octanol–water partition coefficient (Wildman–Crippen LogP) is 1.82. The number of rotatable bonds is 5. The SMILES string of the molecule is COC(=O)c1ccc(CN(C)C(=O)C2CNC[C@H]3[C@@H]2CCN3c2ncnc3[nH]ccc23)cc1. The van der Waals surface area contributed by atoms with Gasteiger partial charge in [0.1, 0.15) is 17.8 Å². The number of H-pyrrole nitrogens is 1. The number of ether oxygens (including phenoxy) is 1. The zero-order valence-corrected chi connectivity index (χ0v) is 18.8. The maximum atomic E-state index is 13.4. The van der Waals surface area contributed by atoms with Gasteiger partial charge >= 0.3 is 5.97 Å². The number of esters is 1. The zero-order valence-electron chi connectivity index (χ0n) is 18.8. The molecule has 172 valence electrons. The number of amides is 1. The maximum absolute atomic E-state index is 13.4. The molecule has 1 aromatic carbocycles. The summed E-state index contributed by atoms with van der Waals surface area (Å²) in [6.45, 7) is 2.89. The number of piperidine rings is 1. The number of hydrogen-bond donors (Lipinski definition) is 2. The number of carbonyl (C=O) groups excluding carboxylic acids is 2. The van der Waals surface area contributed by atoms with Gasteiger partial charge in [-0.3, -0.25) is 4.79 Å². The Morgan fingerprint density at radius 2 is 2.00 bits per heavy atom. The first kappa shape index (κ1) is 21.4. The van der Waals surface area contributed by atoms with E-state index in [1.807, 2.05) is 31.4 Å². The van der Waals surface area contributed by atoms with E-state index in [-0.39, 0.29) is 29.8 Å². The van der Waals surface area contributed by atoms with Crippen LogP contribution in [0, 0.1) is 11.8 Å². The highest BCUT2D eigenvalue weighted by atomic mass is 16.5. The quantitative estimate of drug-likeness (QED) is 0.574. The molecule has 3 atom stereocenters. The Kier molecular flexibility index (Phi) is 5.72. The summed E-state index contributed by atoms with van der Waals surface area (Å²) in [4.78, 5) is 41.3. The topological polar surface area (TPSA) is 103 Å². The van der Waals surface area contributed by atoms with Crippen LogP contribution in [-0.2, 0) is 16.1 Å². The van der Waals surface area contributed by atoms with Crippen molar-refractivity contribution in [3.05, 3.63) is 54.0 Å². The third-order valence-electron chi connectivity index (χ3n) is 6.93. The number of fused-ring (bicyclic) bond motifs is 2. The Hall–Kier alpha value is -3.46. The summed E-state index contributed by atoms with van der Waals surface area (Å²) in [5.74, 6) is 0.897. The fourth-order valence-corrected chi connectivity index (χ4v) is 5.27. The van der Waals surface area contributed by atoms with Crippen LogP contribution in [-0.4, -0.2) is 71.6 Å². The number of carbonyl (C=O) groups is 2. The van der Waals surface area contributed by atoms with Gasteiger partial charge in [0.15, 0.2) is 0 Å². The van der Waals surface area contributed by atoms with E-state index in [1.165, 1.54) is 7.11 Å². The number of benzene rings is 1. The predicted molar refractivity (Wildman–Crippen MR) is 124 cm³/mol. The maximum Gasteiger partial charge on any atom is 0.337 e. The molecule has 1 unspecified atom stereocenters. The molecule has 9 nitrogen and oxygen atoms in total. The van der Waals surface area contributed by atoms with E-state index in [1.54, 1.807) is 23.4 Å². The van der Waals surface area contributed by atoms with Crippen LogP contribution in [0.1, 0.15) is 22.3 Å². The third-order valence-corrected chi connectivity index (χ3v) is 6.93. The van der Waals surface area contributed by atoms with Crippen molar-refractivity contribution in [3.8, 4) is 0 Å². The van der Waals surface area contributed by atoms with Crippen molar-refractivity contribution in [2.24, 2.45) is 11.8 Å². The average molecular weight is 449 g/mol. The molecule has 0 saturated carbocycles. The lowest BCUT2D eigenvalue weighted by Gasteiger charge is -2.38. The first-order valence-electron chi connectivity index (χ1n) is 11.2. The highest BCUT2D eigenvalue weighted by Crippen LogP contribution is 2.38. The molecule has 1 amide bonds. The third kappa shape index (κ3) is 3.93. The summed E-state index contributed by atoms with van der Waals surface area (Å²) < 4.78 is 4.75. The zero-order chi connectivity index (χ0) is 22.9. The minimum absolute atomic E-state index is 0.0864. The van der Waals surface area contributed by atoms with Crippen molar-refractivity contribution < 1.29 is 14.3 Å². The van der Waals surface area contributed by atoms with Crippen LogP contribution < -0.4 is 10.2 Å². The van der Waals surface area contributed by atoms with Crippen LogP contribution in [0.2, 0.25) is 0 Å². The molecule has 2 fully saturated rings. The molecular weight excluding hydrogens is 420 g/mol. The van der Waals surface area contributed by atoms with Crippen molar-refractivity contribution in [2.75, 3.05) is 38.7 Å². The van der Waals surface area contributed by atoms with Crippen LogP contribution >= 0.6 is 0 Å². The van der Waals surface area contributed by atoms with E-state index in [0.29, 0.717) is 18.7 Å². The second-order valence-electron chi connectivity index (χ2n) is 8.80. The van der Waals surface area contributed by atoms with Crippen LogP contribution in [0.15, 0.2) is 42.9 Å². The molecule has 0 radical (unpaired) electrons. The molecule has 3 aromatic rings. The monoisotopic (exact) mass is 448 g/mol. The molecule has 2 N–H and O–H groups in total. The van der Waals surface area contributed by atoms with Crippen molar-refractivity contribution in [2.45, 2.75) is 19.0 Å². The van der Waals surface area contributed by atoms with E-state index < -0.39 is 0 Å². The van der Waals surface area contributed by atoms with Crippen LogP contribution in [0.5, 0.6) is 0 Å². The Morgan fingerprint density at radius 1 is 1.18 bits per heavy atom. The summed E-state index contributed by atoms with van der Waals surface area (Å²) in [7, 11) is 3.21. The highest BCUT2D eigenvalue weighted by molar-refractivity contribution is 5.89. The van der Waals surface area contributed by atoms with Gasteiger partial charge in [0.05, 0.1) is 24.0 Å². The molecular formula is C24H28N6O3. The Bertz CT molecular complexity index is 1160. The van der Waals surface area contributed by atoms with Gasteiger partial charge < -0.3 is 24.8 Å². The summed E-state index contributed by atoms with van der Waals surface area (Å²) in [5, 5.41) is 4.50. The fraction of sp³-hybridized carbons (Fsp3) is 0.417. The minimum atomic E-state index is -0.364. The molecule has 2 aliphatic rings. The molecule has 0 bridgehead atoms. The average Bonchev–Trinajstić information content (AvgIpc) is 3.50. The number of nitrogens with zero attached hydrogens (tertiary/aromatic N) is 4. The Labute approximate surface area is 192 Å². The molecule has 5 rings (SSSR count). The molecule has 0 spiro atoms. The van der Waals surface area contributed by atoms with Crippen molar-refractivity contribution >= 4 is 28.7 Å². The van der Waals surface area contributed by atoms with Gasteiger partial charge in [-0.25, -0.2) is 14.8 Å². The lowest BCUT2D eigenvalue weighted by molar-refractivity contribution is -0.137. The van der Waals surface area contributed by atoms with Crippen LogP contribution in [0.4, 0.5) is 5.82 Å². The summed E-state index contributed by atoms with van der Waals surface area (Å²) in [6, 6.07) is 9.43. The number of methoxy groups -OCH3 is 1. The number of nitrogens with one attached hydrogen (secondary N) is 2. The van der Waals surface area contributed by atoms with Gasteiger partial charge in [0.2, 0.25) is 5.91 Å². The first-order chi connectivity index (χ1) is 16.1.